The third kappa shape index (κ3) is 2.83. The van der Waals surface area contributed by atoms with Crippen LogP contribution in [-0.4, -0.2) is 13.1 Å². The molecule has 3 nitrogen and oxygen atoms in total. The van der Waals surface area contributed by atoms with Gasteiger partial charge in [-0.05, 0) is 5.69 Å². The molecule has 0 unspecified atom stereocenters. The van der Waals surface area contributed by atoms with Gasteiger partial charge in [0.15, 0.2) is 13.1 Å². The Morgan fingerprint density at radius 1 is 1.46 bits per heavy atom. The zero-order valence-corrected chi connectivity index (χ0v) is 9.62. The van der Waals surface area contributed by atoms with Gasteiger partial charge in [-0.25, -0.2) is 0 Å². The monoisotopic (exact) mass is 355 g/mol. The van der Waals surface area contributed by atoms with Crippen molar-refractivity contribution in [1.82, 2.24) is 0 Å². The van der Waals surface area contributed by atoms with E-state index >= 15 is 0 Å². The van der Waals surface area contributed by atoms with Gasteiger partial charge in [0.2, 0.25) is 0 Å². The molecule has 0 N–H and O–H groups in total. The number of rotatable bonds is 1. The number of benzene rings is 1. The Labute approximate surface area is 91.7 Å². The van der Waals surface area contributed by atoms with Crippen LogP contribution in [0.3, 0.4) is 0 Å². The Bertz CT molecular complexity index is 264. The summed E-state index contributed by atoms with van der Waals surface area (Å²) in [5.41, 5.74) is 0.932. The van der Waals surface area contributed by atoms with Gasteiger partial charge in [-0.2, -0.15) is 24.3 Å². The van der Waals surface area contributed by atoms with Crippen LogP contribution in [0, 0.1) is 13.5 Å². The minimum atomic E-state index is 0. The fourth-order valence-corrected chi connectivity index (χ4v) is 0.904. The molecule has 1 aliphatic heterocycles. The molecule has 0 spiro atoms. The molecule has 0 amide bonds. The summed E-state index contributed by atoms with van der Waals surface area (Å²) >= 11 is 0. The summed E-state index contributed by atoms with van der Waals surface area (Å²) in [5.74, 6) is 0. The van der Waals surface area contributed by atoms with Crippen molar-refractivity contribution in [3.05, 3.63) is 37.8 Å². The topological polar surface area (TPSA) is 24.8 Å². The first-order valence-corrected chi connectivity index (χ1v) is 3.35. The molecule has 1 radical (unpaired) electrons. The molecule has 1 aromatic rings. The maximum Gasteiger partial charge on any atom is 0.195 e. The third-order valence-electron chi connectivity index (χ3n) is 1.43. The first-order chi connectivity index (χ1) is 5.47. The van der Waals surface area contributed by atoms with Crippen LogP contribution in [0.2, 0.25) is 0 Å². The van der Waals surface area contributed by atoms with E-state index in [1.807, 2.05) is 24.3 Å². The second kappa shape index (κ2) is 5.73. The third-order valence-corrected chi connectivity index (χ3v) is 1.43. The van der Waals surface area contributed by atoms with Gasteiger partial charge in [0.1, 0.15) is 0 Å². The van der Waals surface area contributed by atoms with E-state index < -0.39 is 0 Å². The van der Waals surface area contributed by atoms with Gasteiger partial charge in [-0.3, -0.25) is 5.01 Å². The van der Waals surface area contributed by atoms with Crippen molar-refractivity contribution in [3.8, 4) is 0 Å². The average Bonchev–Trinajstić information content (AvgIpc) is 2.58. The Hall–Kier alpha value is -0.861. The number of nitrogens with zero attached hydrogens (tertiary/aromatic N) is 2. The summed E-state index contributed by atoms with van der Waals surface area (Å²) < 4.78 is 4.93. The van der Waals surface area contributed by atoms with Crippen molar-refractivity contribution in [2.75, 3.05) is 11.7 Å². The summed E-state index contributed by atoms with van der Waals surface area (Å²) in [4.78, 5) is 0. The maximum atomic E-state index is 4.93. The van der Waals surface area contributed by atoms with Crippen molar-refractivity contribution in [2.45, 2.75) is 0 Å². The van der Waals surface area contributed by atoms with E-state index in [2.05, 4.69) is 11.2 Å². The summed E-state index contributed by atoms with van der Waals surface area (Å²) in [7, 11) is 0. The fourth-order valence-electron chi connectivity index (χ4n) is 0.904. The van der Waals surface area contributed by atoms with Gasteiger partial charge in [0, 0.05) is 20.1 Å². The van der Waals surface area contributed by atoms with E-state index in [1.165, 1.54) is 6.40 Å². The van der Waals surface area contributed by atoms with Gasteiger partial charge < -0.3 is 12.2 Å². The van der Waals surface area contributed by atoms with E-state index in [1.54, 1.807) is 5.01 Å². The SMILES string of the molecule is [CH3-].[Ir].[c-]1ccccc1N1COC=N1. The number of hydrogen-bond acceptors (Lipinski definition) is 3. The molecule has 0 bridgehead atoms. The quantitative estimate of drug-likeness (QED) is 0.717. The molecule has 1 heterocycles. The fraction of sp³-hybridized carbons (Fsp3) is 0.111. The van der Waals surface area contributed by atoms with Crippen LogP contribution in [0.4, 0.5) is 5.69 Å². The molecule has 13 heavy (non-hydrogen) atoms. The minimum absolute atomic E-state index is 0. The van der Waals surface area contributed by atoms with E-state index in [0.29, 0.717) is 6.73 Å². The second-order valence-corrected chi connectivity index (χ2v) is 2.16. The predicted octanol–water partition coefficient (Wildman–Crippen LogP) is 1.67. The standard InChI is InChI=1S/C8H7N2O.CH3.Ir/c1-2-4-8(5-3-1)10-7-11-6-9-10;;/h1-4,6H,7H2;1H3;/q2*-1;. The number of hydrazone groups is 1. The van der Waals surface area contributed by atoms with Gasteiger partial charge >= 0.3 is 0 Å². The molecular formula is C9H10IrN2O-2. The molecule has 0 fully saturated rings. The van der Waals surface area contributed by atoms with Crippen molar-refractivity contribution >= 4 is 12.1 Å². The molecule has 0 saturated heterocycles. The van der Waals surface area contributed by atoms with Crippen LogP contribution in [0.1, 0.15) is 0 Å². The number of anilines is 1. The Balaban J connectivity index is 0.000000720. The van der Waals surface area contributed by atoms with Crippen molar-refractivity contribution in [1.29, 1.82) is 0 Å². The zero-order chi connectivity index (χ0) is 7.52. The molecule has 1 aromatic carbocycles. The van der Waals surface area contributed by atoms with Crippen LogP contribution in [0.5, 0.6) is 0 Å². The summed E-state index contributed by atoms with van der Waals surface area (Å²) in [6.07, 6.45) is 1.43. The van der Waals surface area contributed by atoms with Crippen LogP contribution in [0.15, 0.2) is 29.4 Å². The van der Waals surface area contributed by atoms with Crippen LogP contribution in [-0.2, 0) is 24.8 Å². The molecule has 2 rings (SSSR count). The van der Waals surface area contributed by atoms with Crippen LogP contribution in [0.25, 0.3) is 0 Å². The second-order valence-electron chi connectivity index (χ2n) is 2.16. The number of ether oxygens (including phenoxy) is 1. The molecule has 1 aliphatic rings. The summed E-state index contributed by atoms with van der Waals surface area (Å²) in [6.45, 7) is 0.487. The maximum absolute atomic E-state index is 4.93. The van der Waals surface area contributed by atoms with Crippen LogP contribution >= 0.6 is 0 Å². The predicted molar refractivity (Wildman–Crippen MR) is 48.6 cm³/mol. The summed E-state index contributed by atoms with van der Waals surface area (Å²) in [5, 5.41) is 5.70. The first kappa shape index (κ1) is 12.1. The molecule has 0 aliphatic carbocycles. The van der Waals surface area contributed by atoms with Gasteiger partial charge in [0.25, 0.3) is 0 Å². The Morgan fingerprint density at radius 3 is 2.85 bits per heavy atom. The van der Waals surface area contributed by atoms with E-state index in [4.69, 9.17) is 4.74 Å². The van der Waals surface area contributed by atoms with E-state index in [-0.39, 0.29) is 27.5 Å². The molecular weight excluding hydrogens is 344 g/mol. The summed E-state index contributed by atoms with van der Waals surface area (Å²) in [6, 6.07) is 10.7. The average molecular weight is 354 g/mol. The Kier molecular flexibility index (Phi) is 5.35. The van der Waals surface area contributed by atoms with Gasteiger partial charge in [-0.15, -0.1) is 11.2 Å². The largest absolute Gasteiger partial charge is 0.459 e. The minimum Gasteiger partial charge on any atom is -0.459 e. The smallest absolute Gasteiger partial charge is 0.195 e. The molecule has 0 atom stereocenters. The Morgan fingerprint density at radius 2 is 2.31 bits per heavy atom. The van der Waals surface area contributed by atoms with E-state index in [0.717, 1.165) is 5.69 Å². The van der Waals surface area contributed by atoms with Gasteiger partial charge in [0.05, 0.1) is 0 Å². The van der Waals surface area contributed by atoms with Crippen LogP contribution < -0.4 is 5.01 Å². The van der Waals surface area contributed by atoms with Gasteiger partial charge in [-0.1, -0.05) is 0 Å². The van der Waals surface area contributed by atoms with Crippen molar-refractivity contribution in [2.24, 2.45) is 5.10 Å². The molecule has 0 saturated carbocycles. The molecule has 0 aromatic heterocycles. The number of para-hydroxylation sites is 1. The number of hydrogen-bond donors (Lipinski definition) is 0. The molecule has 4 heteroatoms. The van der Waals surface area contributed by atoms with Crippen molar-refractivity contribution < 1.29 is 24.8 Å². The van der Waals surface area contributed by atoms with Crippen molar-refractivity contribution in [3.63, 3.8) is 0 Å². The normalized spacial score (nSPS) is 12.8. The first-order valence-electron chi connectivity index (χ1n) is 3.35. The molecule has 73 valence electrons. The van der Waals surface area contributed by atoms with E-state index in [9.17, 15) is 0 Å². The zero-order valence-electron chi connectivity index (χ0n) is 7.23.